The number of unbranched alkanes of at least 4 members (excludes halogenated alkanes) is 2. The Morgan fingerprint density at radius 1 is 1.60 bits per heavy atom. The molecule has 2 nitrogen and oxygen atoms in total. The lowest BCUT2D eigenvalue weighted by Crippen LogP contribution is -2.29. The van der Waals surface area contributed by atoms with Gasteiger partial charge in [-0.1, -0.05) is 0 Å². The highest BCUT2D eigenvalue weighted by Gasteiger charge is 1.86. The summed E-state index contributed by atoms with van der Waals surface area (Å²) in [6, 6.07) is 0. The van der Waals surface area contributed by atoms with Crippen LogP contribution in [0.3, 0.4) is 0 Å². The monoisotopic (exact) mass is 156 g/mol. The molecule has 0 aromatic rings. The van der Waals surface area contributed by atoms with Crippen LogP contribution >= 0.6 is 12.2 Å². The predicted molar refractivity (Wildman–Crippen MR) is 47.5 cm³/mol. The average molecular weight is 156 g/mol. The summed E-state index contributed by atoms with van der Waals surface area (Å²) in [7, 11) is 0. The zero-order valence-corrected chi connectivity index (χ0v) is 6.71. The second-order valence-corrected chi connectivity index (χ2v) is 2.39. The third kappa shape index (κ3) is 7.25. The van der Waals surface area contributed by atoms with Gasteiger partial charge in [-0.2, -0.15) is 0 Å². The fourth-order valence-electron chi connectivity index (χ4n) is 0.564. The summed E-state index contributed by atoms with van der Waals surface area (Å²) in [4.78, 5) is 0. The van der Waals surface area contributed by atoms with Crippen LogP contribution in [0.4, 0.5) is 0 Å². The van der Waals surface area contributed by atoms with E-state index >= 15 is 0 Å². The number of terminal acetylenes is 1. The molecule has 0 bridgehead atoms. The highest BCUT2D eigenvalue weighted by molar-refractivity contribution is 7.80. The molecular formula is C7H12N2S. The van der Waals surface area contributed by atoms with Crippen LogP contribution in [-0.4, -0.2) is 11.7 Å². The minimum atomic E-state index is 0.362. The van der Waals surface area contributed by atoms with E-state index in [2.05, 4.69) is 23.5 Å². The Hall–Kier alpha value is -0.750. The molecule has 0 aromatic carbocycles. The van der Waals surface area contributed by atoms with E-state index in [9.17, 15) is 0 Å². The number of hydrogen-bond acceptors (Lipinski definition) is 1. The lowest BCUT2D eigenvalue weighted by Gasteiger charge is -2.00. The Morgan fingerprint density at radius 3 is 2.80 bits per heavy atom. The van der Waals surface area contributed by atoms with E-state index in [0.29, 0.717) is 5.11 Å². The van der Waals surface area contributed by atoms with E-state index in [4.69, 9.17) is 12.2 Å². The van der Waals surface area contributed by atoms with Crippen molar-refractivity contribution in [2.75, 3.05) is 6.54 Å². The SMILES string of the molecule is C#CCCCCNC(N)=S. The minimum Gasteiger partial charge on any atom is -0.376 e. The highest BCUT2D eigenvalue weighted by atomic mass is 32.1. The average Bonchev–Trinajstić information content (AvgIpc) is 1.87. The normalized spacial score (nSPS) is 8.30. The van der Waals surface area contributed by atoms with Gasteiger partial charge >= 0.3 is 0 Å². The Kier molecular flexibility index (Phi) is 5.89. The lowest BCUT2D eigenvalue weighted by molar-refractivity contribution is 0.727. The Labute approximate surface area is 67.2 Å². The maximum atomic E-state index is 5.19. The fourth-order valence-corrected chi connectivity index (χ4v) is 0.666. The van der Waals surface area contributed by atoms with Gasteiger partial charge in [0.15, 0.2) is 5.11 Å². The summed E-state index contributed by atoms with van der Waals surface area (Å²) in [5, 5.41) is 3.21. The molecule has 0 aliphatic rings. The minimum absolute atomic E-state index is 0.362. The van der Waals surface area contributed by atoms with Crippen molar-refractivity contribution in [2.24, 2.45) is 5.73 Å². The Bertz CT molecular complexity index is 137. The van der Waals surface area contributed by atoms with Crippen LogP contribution in [0, 0.1) is 12.3 Å². The highest BCUT2D eigenvalue weighted by Crippen LogP contribution is 1.90. The molecule has 0 fully saturated rings. The summed E-state index contributed by atoms with van der Waals surface area (Å²) in [5.74, 6) is 2.56. The zero-order chi connectivity index (χ0) is 7.82. The molecule has 56 valence electrons. The molecule has 0 atom stereocenters. The van der Waals surface area contributed by atoms with Gasteiger partial charge in [0.25, 0.3) is 0 Å². The molecule has 0 aliphatic carbocycles. The molecule has 0 saturated heterocycles. The molecule has 3 N–H and O–H groups in total. The van der Waals surface area contributed by atoms with Gasteiger partial charge in [0.2, 0.25) is 0 Å². The quantitative estimate of drug-likeness (QED) is 0.356. The van der Waals surface area contributed by atoms with Gasteiger partial charge in [0.05, 0.1) is 0 Å². The standard InChI is InChI=1S/C7H12N2S/c1-2-3-4-5-6-9-7(8)10/h1H,3-6H2,(H3,8,9,10). The Balaban J connectivity index is 2.92. The van der Waals surface area contributed by atoms with Crippen LogP contribution < -0.4 is 11.1 Å². The number of rotatable bonds is 4. The maximum Gasteiger partial charge on any atom is 0.163 e. The van der Waals surface area contributed by atoms with Gasteiger partial charge in [-0.05, 0) is 25.1 Å². The first-order valence-corrected chi connectivity index (χ1v) is 3.65. The smallest absolute Gasteiger partial charge is 0.163 e. The van der Waals surface area contributed by atoms with Crippen LogP contribution in [0.1, 0.15) is 19.3 Å². The molecule has 0 aromatic heterocycles. The van der Waals surface area contributed by atoms with Crippen molar-refractivity contribution in [1.82, 2.24) is 5.32 Å². The van der Waals surface area contributed by atoms with Crippen molar-refractivity contribution in [1.29, 1.82) is 0 Å². The zero-order valence-electron chi connectivity index (χ0n) is 5.89. The van der Waals surface area contributed by atoms with Gasteiger partial charge in [-0.25, -0.2) is 0 Å². The van der Waals surface area contributed by atoms with Gasteiger partial charge < -0.3 is 11.1 Å². The van der Waals surface area contributed by atoms with Crippen molar-refractivity contribution < 1.29 is 0 Å². The summed E-state index contributed by atoms with van der Waals surface area (Å²) in [6.45, 7) is 0.830. The summed E-state index contributed by atoms with van der Waals surface area (Å²) < 4.78 is 0. The number of thiocarbonyl (C=S) groups is 1. The number of nitrogens with two attached hydrogens (primary N) is 1. The molecule has 0 aliphatic heterocycles. The van der Waals surface area contributed by atoms with Crippen molar-refractivity contribution >= 4 is 17.3 Å². The van der Waals surface area contributed by atoms with E-state index in [-0.39, 0.29) is 0 Å². The maximum absolute atomic E-state index is 5.19. The lowest BCUT2D eigenvalue weighted by atomic mass is 10.2. The summed E-state index contributed by atoms with van der Waals surface area (Å²) >= 11 is 4.60. The van der Waals surface area contributed by atoms with Crippen molar-refractivity contribution in [3.8, 4) is 12.3 Å². The van der Waals surface area contributed by atoms with Crippen LogP contribution in [0.25, 0.3) is 0 Å². The van der Waals surface area contributed by atoms with Gasteiger partial charge in [0, 0.05) is 13.0 Å². The van der Waals surface area contributed by atoms with Crippen LogP contribution in [0.15, 0.2) is 0 Å². The van der Waals surface area contributed by atoms with Crippen molar-refractivity contribution in [2.45, 2.75) is 19.3 Å². The molecule has 3 heteroatoms. The van der Waals surface area contributed by atoms with E-state index < -0.39 is 0 Å². The Morgan fingerprint density at radius 2 is 2.30 bits per heavy atom. The number of hydrogen-bond donors (Lipinski definition) is 2. The molecule has 0 amide bonds. The second-order valence-electron chi connectivity index (χ2n) is 1.95. The molecule has 0 heterocycles. The largest absolute Gasteiger partial charge is 0.376 e. The van der Waals surface area contributed by atoms with E-state index in [1.54, 1.807) is 0 Å². The first-order valence-electron chi connectivity index (χ1n) is 3.24. The van der Waals surface area contributed by atoms with Gasteiger partial charge in [0.1, 0.15) is 0 Å². The molecule has 0 saturated carbocycles. The molecule has 0 unspecified atom stereocenters. The molecule has 0 radical (unpaired) electrons. The summed E-state index contributed by atoms with van der Waals surface area (Å²) in [6.07, 6.45) is 7.95. The first-order chi connectivity index (χ1) is 4.77. The van der Waals surface area contributed by atoms with E-state index in [1.807, 2.05) is 0 Å². The molecule has 0 spiro atoms. The molecular weight excluding hydrogens is 144 g/mol. The summed E-state index contributed by atoms with van der Waals surface area (Å²) in [5.41, 5.74) is 5.19. The second kappa shape index (κ2) is 6.37. The van der Waals surface area contributed by atoms with Gasteiger partial charge in [-0.15, -0.1) is 12.3 Å². The van der Waals surface area contributed by atoms with Crippen LogP contribution in [0.5, 0.6) is 0 Å². The fraction of sp³-hybridized carbons (Fsp3) is 0.571. The van der Waals surface area contributed by atoms with Crippen LogP contribution in [-0.2, 0) is 0 Å². The number of nitrogens with one attached hydrogen (secondary N) is 1. The first kappa shape index (κ1) is 9.25. The third-order valence-electron chi connectivity index (χ3n) is 1.05. The van der Waals surface area contributed by atoms with Crippen molar-refractivity contribution in [3.63, 3.8) is 0 Å². The molecule has 0 rings (SSSR count). The van der Waals surface area contributed by atoms with E-state index in [0.717, 1.165) is 25.8 Å². The van der Waals surface area contributed by atoms with Crippen molar-refractivity contribution in [3.05, 3.63) is 0 Å². The van der Waals surface area contributed by atoms with E-state index in [1.165, 1.54) is 0 Å². The molecule has 10 heavy (non-hydrogen) atoms. The third-order valence-corrected chi connectivity index (χ3v) is 1.19. The van der Waals surface area contributed by atoms with Gasteiger partial charge in [-0.3, -0.25) is 0 Å². The predicted octanol–water partition coefficient (Wildman–Crippen LogP) is 0.623. The van der Waals surface area contributed by atoms with Crippen LogP contribution in [0.2, 0.25) is 0 Å². The topological polar surface area (TPSA) is 38.0 Å².